The number of benzene rings is 2. The summed E-state index contributed by atoms with van der Waals surface area (Å²) in [6, 6.07) is 15.8. The smallest absolute Gasteiger partial charge is 0.246 e. The minimum Gasteiger partial charge on any atom is -0.508 e. The SMILES string of the molecule is Cc1ccc(C23C[C@@H]4C[C@@H](CC(C(=O)N/N=C/c5ccc(O)cc5)(C4)C2)C3)cc1. The van der Waals surface area contributed by atoms with Gasteiger partial charge in [-0.05, 0) is 98.1 Å². The van der Waals surface area contributed by atoms with E-state index < -0.39 is 0 Å². The molecular weight excluding hydrogens is 360 g/mol. The molecule has 0 radical (unpaired) electrons. The summed E-state index contributed by atoms with van der Waals surface area (Å²) in [5, 5.41) is 13.6. The molecule has 4 atom stereocenters. The second-order valence-electron chi connectivity index (χ2n) is 9.68. The first-order valence-corrected chi connectivity index (χ1v) is 10.7. The maximum atomic E-state index is 13.3. The zero-order valence-electron chi connectivity index (χ0n) is 16.9. The van der Waals surface area contributed by atoms with Gasteiger partial charge in [0.25, 0.3) is 0 Å². The van der Waals surface area contributed by atoms with E-state index in [1.165, 1.54) is 30.4 Å². The molecule has 29 heavy (non-hydrogen) atoms. The van der Waals surface area contributed by atoms with Crippen LogP contribution in [0.1, 0.15) is 55.2 Å². The Bertz CT molecular complexity index is 932. The molecule has 2 N–H and O–H groups in total. The predicted octanol–water partition coefficient (Wildman–Crippen LogP) is 4.69. The van der Waals surface area contributed by atoms with Crippen molar-refractivity contribution in [1.82, 2.24) is 5.43 Å². The van der Waals surface area contributed by atoms with Gasteiger partial charge in [0.05, 0.1) is 11.6 Å². The lowest BCUT2D eigenvalue weighted by Gasteiger charge is -2.61. The molecule has 0 heterocycles. The molecular formula is C25H28N2O2. The van der Waals surface area contributed by atoms with Crippen LogP contribution in [0.3, 0.4) is 0 Å². The van der Waals surface area contributed by atoms with E-state index in [1.54, 1.807) is 30.5 Å². The van der Waals surface area contributed by atoms with Crippen molar-refractivity contribution in [3.05, 3.63) is 65.2 Å². The molecule has 4 bridgehead atoms. The minimum absolute atomic E-state index is 0.0816. The normalized spacial score (nSPS) is 32.6. The van der Waals surface area contributed by atoms with Gasteiger partial charge in [-0.1, -0.05) is 29.8 Å². The summed E-state index contributed by atoms with van der Waals surface area (Å²) in [7, 11) is 0. The number of hydrazone groups is 1. The Morgan fingerprint density at radius 2 is 1.69 bits per heavy atom. The van der Waals surface area contributed by atoms with Crippen LogP contribution in [-0.2, 0) is 10.2 Å². The van der Waals surface area contributed by atoms with Gasteiger partial charge in [-0.25, -0.2) is 5.43 Å². The lowest BCUT2D eigenvalue weighted by atomic mass is 9.42. The van der Waals surface area contributed by atoms with Crippen LogP contribution in [0, 0.1) is 24.2 Å². The fourth-order valence-corrected chi connectivity index (χ4v) is 6.62. The molecule has 1 amide bonds. The maximum Gasteiger partial charge on any atom is 0.246 e. The highest BCUT2D eigenvalue weighted by Gasteiger charge is 2.60. The molecule has 4 saturated carbocycles. The van der Waals surface area contributed by atoms with E-state index in [0.29, 0.717) is 11.8 Å². The quantitative estimate of drug-likeness (QED) is 0.590. The Kier molecular flexibility index (Phi) is 4.27. The van der Waals surface area contributed by atoms with Crippen LogP contribution >= 0.6 is 0 Å². The molecule has 4 heteroatoms. The number of nitrogens with zero attached hydrogens (tertiary/aromatic N) is 1. The van der Waals surface area contributed by atoms with Crippen LogP contribution in [0.25, 0.3) is 0 Å². The van der Waals surface area contributed by atoms with Gasteiger partial charge in [-0.3, -0.25) is 4.79 Å². The highest BCUT2D eigenvalue weighted by molar-refractivity contribution is 5.86. The zero-order chi connectivity index (χ0) is 20.1. The van der Waals surface area contributed by atoms with E-state index in [4.69, 9.17) is 0 Å². The third-order valence-electron chi connectivity index (χ3n) is 7.48. The second-order valence-corrected chi connectivity index (χ2v) is 9.68. The predicted molar refractivity (Wildman–Crippen MR) is 114 cm³/mol. The molecule has 2 aromatic rings. The number of aryl methyl sites for hydroxylation is 1. The summed E-state index contributed by atoms with van der Waals surface area (Å²) < 4.78 is 0. The van der Waals surface area contributed by atoms with E-state index >= 15 is 0 Å². The Hall–Kier alpha value is -2.62. The molecule has 6 rings (SSSR count). The molecule has 2 unspecified atom stereocenters. The van der Waals surface area contributed by atoms with Crippen molar-refractivity contribution < 1.29 is 9.90 Å². The molecule has 0 aliphatic heterocycles. The number of amides is 1. The van der Waals surface area contributed by atoms with Crippen LogP contribution in [0.2, 0.25) is 0 Å². The monoisotopic (exact) mass is 388 g/mol. The zero-order valence-corrected chi connectivity index (χ0v) is 16.9. The van der Waals surface area contributed by atoms with Crippen LogP contribution in [0.15, 0.2) is 53.6 Å². The standard InChI is InChI=1S/C25H28N2O2/c1-17-2-6-21(7-3-17)24-11-19-10-20(12-24)14-25(13-19,16-24)23(29)27-26-15-18-4-8-22(28)9-5-18/h2-9,15,19-20,28H,10-14,16H2,1H3,(H,27,29)/b26-15+/t19-,20+,24?,25?. The van der Waals surface area contributed by atoms with Crippen molar-refractivity contribution in [2.75, 3.05) is 0 Å². The van der Waals surface area contributed by atoms with Crippen molar-refractivity contribution in [2.45, 2.75) is 50.9 Å². The summed E-state index contributed by atoms with van der Waals surface area (Å²) >= 11 is 0. The van der Waals surface area contributed by atoms with Gasteiger partial charge in [0.2, 0.25) is 5.91 Å². The lowest BCUT2D eigenvalue weighted by Crippen LogP contribution is -2.58. The summed E-state index contributed by atoms with van der Waals surface area (Å²) in [6.45, 7) is 2.13. The largest absolute Gasteiger partial charge is 0.508 e. The molecule has 2 aromatic carbocycles. The number of hydrogen-bond acceptors (Lipinski definition) is 3. The topological polar surface area (TPSA) is 61.7 Å². The maximum absolute atomic E-state index is 13.3. The number of phenolic OH excluding ortho intramolecular Hbond substituents is 1. The average Bonchev–Trinajstić information content (AvgIpc) is 2.69. The summed E-state index contributed by atoms with van der Waals surface area (Å²) in [6.07, 6.45) is 8.30. The Morgan fingerprint density at radius 1 is 1.03 bits per heavy atom. The van der Waals surface area contributed by atoms with Gasteiger partial charge in [-0.2, -0.15) is 5.10 Å². The Morgan fingerprint density at radius 3 is 2.34 bits per heavy atom. The van der Waals surface area contributed by atoms with Crippen LogP contribution < -0.4 is 5.43 Å². The first kappa shape index (κ1) is 18.4. The van der Waals surface area contributed by atoms with Gasteiger partial charge >= 0.3 is 0 Å². The number of carbonyl (C=O) groups is 1. The van der Waals surface area contributed by atoms with Crippen LogP contribution in [-0.4, -0.2) is 17.2 Å². The molecule has 4 nitrogen and oxygen atoms in total. The number of carbonyl (C=O) groups excluding carboxylic acids is 1. The number of rotatable bonds is 4. The van der Waals surface area contributed by atoms with Crippen molar-refractivity contribution in [3.8, 4) is 5.75 Å². The summed E-state index contributed by atoms with van der Waals surface area (Å²) in [5.74, 6) is 1.59. The third-order valence-corrected chi connectivity index (χ3v) is 7.48. The van der Waals surface area contributed by atoms with Crippen molar-refractivity contribution in [2.24, 2.45) is 22.4 Å². The highest BCUT2D eigenvalue weighted by atomic mass is 16.3. The molecule has 0 aromatic heterocycles. The molecule has 150 valence electrons. The van der Waals surface area contributed by atoms with Crippen LogP contribution in [0.4, 0.5) is 0 Å². The number of aromatic hydroxyl groups is 1. The molecule has 4 aliphatic carbocycles. The van der Waals surface area contributed by atoms with Crippen LogP contribution in [0.5, 0.6) is 5.75 Å². The van der Waals surface area contributed by atoms with Crippen molar-refractivity contribution >= 4 is 12.1 Å². The van der Waals surface area contributed by atoms with Gasteiger partial charge in [0.1, 0.15) is 5.75 Å². The number of hydrogen-bond donors (Lipinski definition) is 2. The first-order valence-electron chi connectivity index (χ1n) is 10.7. The summed E-state index contributed by atoms with van der Waals surface area (Å²) in [4.78, 5) is 13.3. The van der Waals surface area contributed by atoms with Crippen molar-refractivity contribution in [1.29, 1.82) is 0 Å². The van der Waals surface area contributed by atoms with Crippen molar-refractivity contribution in [3.63, 3.8) is 0 Å². The summed E-state index contributed by atoms with van der Waals surface area (Å²) in [5.41, 5.74) is 6.26. The number of nitrogens with one attached hydrogen (secondary N) is 1. The lowest BCUT2D eigenvalue weighted by molar-refractivity contribution is -0.149. The second kappa shape index (κ2) is 6.72. The average molecular weight is 389 g/mol. The minimum atomic E-state index is -0.290. The number of phenols is 1. The Balaban J connectivity index is 1.37. The molecule has 4 aliphatic rings. The fourth-order valence-electron chi connectivity index (χ4n) is 6.62. The fraction of sp³-hybridized carbons (Fsp3) is 0.440. The first-order chi connectivity index (χ1) is 14.0. The van der Waals surface area contributed by atoms with E-state index in [1.807, 2.05) is 0 Å². The van der Waals surface area contributed by atoms with E-state index in [0.717, 1.165) is 24.8 Å². The Labute approximate surface area is 172 Å². The van der Waals surface area contributed by atoms with Gasteiger partial charge in [0, 0.05) is 0 Å². The molecule has 0 saturated heterocycles. The third kappa shape index (κ3) is 3.25. The van der Waals surface area contributed by atoms with E-state index in [-0.39, 0.29) is 22.5 Å². The molecule has 4 fully saturated rings. The van der Waals surface area contributed by atoms with Gasteiger partial charge in [0.15, 0.2) is 0 Å². The van der Waals surface area contributed by atoms with E-state index in [2.05, 4.69) is 41.7 Å². The van der Waals surface area contributed by atoms with Gasteiger partial charge < -0.3 is 5.11 Å². The molecule has 0 spiro atoms. The highest BCUT2D eigenvalue weighted by Crippen LogP contribution is 2.65. The van der Waals surface area contributed by atoms with Gasteiger partial charge in [-0.15, -0.1) is 0 Å². The van der Waals surface area contributed by atoms with E-state index in [9.17, 15) is 9.90 Å².